The van der Waals surface area contributed by atoms with Crippen LogP contribution in [-0.4, -0.2) is 24.3 Å². The predicted octanol–water partition coefficient (Wildman–Crippen LogP) is 2.55. The van der Waals surface area contributed by atoms with E-state index >= 15 is 0 Å². The van der Waals surface area contributed by atoms with Crippen LogP contribution >= 0.6 is 0 Å². The average molecular weight is 286 g/mol. The molecule has 0 atom stereocenters. The Bertz CT molecular complexity index is 612. The van der Waals surface area contributed by atoms with E-state index in [1.165, 1.54) is 0 Å². The highest BCUT2D eigenvalue weighted by Crippen LogP contribution is 2.20. The van der Waals surface area contributed by atoms with Gasteiger partial charge in [-0.15, -0.1) is 0 Å². The van der Waals surface area contributed by atoms with Crippen LogP contribution in [0.15, 0.2) is 53.7 Å². The third kappa shape index (κ3) is 4.14. The first-order chi connectivity index (χ1) is 10.2. The van der Waals surface area contributed by atoms with Gasteiger partial charge < -0.3 is 20.4 Å². The van der Waals surface area contributed by atoms with Crippen molar-refractivity contribution in [2.24, 2.45) is 10.9 Å². The van der Waals surface area contributed by atoms with E-state index in [1.807, 2.05) is 49.4 Å². The number of hydrogen-bond acceptors (Lipinski definition) is 4. The van der Waals surface area contributed by atoms with E-state index in [4.69, 9.17) is 20.4 Å². The van der Waals surface area contributed by atoms with Gasteiger partial charge in [-0.2, -0.15) is 0 Å². The zero-order valence-electron chi connectivity index (χ0n) is 11.8. The molecule has 2 aromatic rings. The molecule has 0 aliphatic carbocycles. The smallest absolute Gasteiger partial charge is 0.173 e. The first-order valence-electron chi connectivity index (χ1n) is 6.60. The summed E-state index contributed by atoms with van der Waals surface area (Å²) in [5.74, 6) is 1.38. The van der Waals surface area contributed by atoms with Gasteiger partial charge in [0.15, 0.2) is 5.84 Å². The van der Waals surface area contributed by atoms with E-state index in [0.29, 0.717) is 24.5 Å². The van der Waals surface area contributed by atoms with E-state index in [0.717, 1.165) is 11.3 Å². The molecule has 0 aliphatic rings. The van der Waals surface area contributed by atoms with Crippen LogP contribution in [0.4, 0.5) is 0 Å². The Labute approximate surface area is 123 Å². The first-order valence-corrected chi connectivity index (χ1v) is 6.60. The highest BCUT2D eigenvalue weighted by atomic mass is 16.5. The van der Waals surface area contributed by atoms with Gasteiger partial charge >= 0.3 is 0 Å². The molecule has 0 saturated heterocycles. The fourth-order valence-electron chi connectivity index (χ4n) is 1.85. The van der Waals surface area contributed by atoms with Gasteiger partial charge in [0.25, 0.3) is 0 Å². The van der Waals surface area contributed by atoms with Gasteiger partial charge in [-0.05, 0) is 31.2 Å². The van der Waals surface area contributed by atoms with Crippen molar-refractivity contribution >= 4 is 5.84 Å². The summed E-state index contributed by atoms with van der Waals surface area (Å²) in [6.07, 6.45) is 0. The normalized spacial score (nSPS) is 11.2. The zero-order valence-corrected chi connectivity index (χ0v) is 11.8. The van der Waals surface area contributed by atoms with Crippen molar-refractivity contribution in [1.29, 1.82) is 0 Å². The fourth-order valence-corrected chi connectivity index (χ4v) is 1.85. The molecule has 21 heavy (non-hydrogen) atoms. The van der Waals surface area contributed by atoms with Crippen LogP contribution in [-0.2, 0) is 0 Å². The minimum Gasteiger partial charge on any atom is -0.490 e. The quantitative estimate of drug-likeness (QED) is 0.281. The van der Waals surface area contributed by atoms with Gasteiger partial charge in [0.05, 0.1) is 5.56 Å². The van der Waals surface area contributed by atoms with Crippen LogP contribution in [0.5, 0.6) is 11.5 Å². The number of amidine groups is 1. The number of oxime groups is 1. The SMILES string of the molecule is Cc1ccc(OCCOc2ccccc2)c(/C(N)=N/O)c1. The Morgan fingerprint density at radius 2 is 1.81 bits per heavy atom. The molecule has 0 spiro atoms. The predicted molar refractivity (Wildman–Crippen MR) is 81.1 cm³/mol. The Morgan fingerprint density at radius 1 is 1.10 bits per heavy atom. The van der Waals surface area contributed by atoms with Crippen LogP contribution in [0.3, 0.4) is 0 Å². The maximum atomic E-state index is 8.81. The number of nitrogens with two attached hydrogens (primary N) is 1. The average Bonchev–Trinajstić information content (AvgIpc) is 2.53. The second kappa shape index (κ2) is 7.19. The van der Waals surface area contributed by atoms with Gasteiger partial charge in [0.2, 0.25) is 0 Å². The Balaban J connectivity index is 1.94. The summed E-state index contributed by atoms with van der Waals surface area (Å²) in [5, 5.41) is 11.8. The molecule has 5 nitrogen and oxygen atoms in total. The lowest BCUT2D eigenvalue weighted by atomic mass is 10.1. The summed E-state index contributed by atoms with van der Waals surface area (Å²) >= 11 is 0. The molecule has 0 fully saturated rings. The fraction of sp³-hybridized carbons (Fsp3) is 0.188. The van der Waals surface area contributed by atoms with Gasteiger partial charge in [0, 0.05) is 0 Å². The number of ether oxygens (including phenoxy) is 2. The number of para-hydroxylation sites is 1. The Kier molecular flexibility index (Phi) is 5.04. The molecule has 0 unspecified atom stereocenters. The molecule has 0 amide bonds. The van der Waals surface area contributed by atoms with Crippen LogP contribution in [0.1, 0.15) is 11.1 Å². The van der Waals surface area contributed by atoms with Crippen molar-refractivity contribution in [2.45, 2.75) is 6.92 Å². The molecule has 5 heteroatoms. The van der Waals surface area contributed by atoms with Gasteiger partial charge in [-0.25, -0.2) is 0 Å². The van der Waals surface area contributed by atoms with Gasteiger partial charge in [0.1, 0.15) is 24.7 Å². The molecule has 0 radical (unpaired) electrons. The summed E-state index contributed by atoms with van der Waals surface area (Å²) in [7, 11) is 0. The molecule has 3 N–H and O–H groups in total. The molecule has 0 aromatic heterocycles. The Hall–Kier alpha value is -2.69. The van der Waals surface area contributed by atoms with Crippen LogP contribution in [0, 0.1) is 6.92 Å². The highest BCUT2D eigenvalue weighted by Gasteiger charge is 2.08. The van der Waals surface area contributed by atoms with Crippen LogP contribution in [0.25, 0.3) is 0 Å². The molecule has 0 heterocycles. The maximum absolute atomic E-state index is 8.81. The van der Waals surface area contributed by atoms with Gasteiger partial charge in [-0.3, -0.25) is 0 Å². The highest BCUT2D eigenvalue weighted by molar-refractivity contribution is 5.99. The lowest BCUT2D eigenvalue weighted by Crippen LogP contribution is -2.17. The third-order valence-electron chi connectivity index (χ3n) is 2.87. The second-order valence-electron chi connectivity index (χ2n) is 4.49. The molecule has 2 rings (SSSR count). The molecule has 0 aliphatic heterocycles. The molecule has 2 aromatic carbocycles. The lowest BCUT2D eigenvalue weighted by Gasteiger charge is -2.12. The van der Waals surface area contributed by atoms with Crippen molar-refractivity contribution in [3.63, 3.8) is 0 Å². The molecule has 0 saturated carbocycles. The second-order valence-corrected chi connectivity index (χ2v) is 4.49. The van der Waals surface area contributed by atoms with E-state index in [9.17, 15) is 0 Å². The minimum absolute atomic E-state index is 0.0256. The number of nitrogens with zero attached hydrogens (tertiary/aromatic N) is 1. The van der Waals surface area contributed by atoms with Crippen molar-refractivity contribution < 1.29 is 14.7 Å². The van der Waals surface area contributed by atoms with E-state index < -0.39 is 0 Å². The summed E-state index contributed by atoms with van der Waals surface area (Å²) in [5.41, 5.74) is 7.22. The monoisotopic (exact) mass is 286 g/mol. The molecule has 0 bridgehead atoms. The zero-order chi connectivity index (χ0) is 15.1. The standard InChI is InChI=1S/C16H18N2O3/c1-12-7-8-15(14(11-12)16(17)18-19)21-10-9-20-13-5-3-2-4-6-13/h2-8,11,19H,9-10H2,1H3,(H2,17,18). The number of hydrogen-bond donors (Lipinski definition) is 2. The lowest BCUT2D eigenvalue weighted by molar-refractivity contribution is 0.217. The molecular weight excluding hydrogens is 268 g/mol. The summed E-state index contributed by atoms with van der Waals surface area (Å²) in [6, 6.07) is 15.0. The molecule has 110 valence electrons. The molecular formula is C16H18N2O3. The van der Waals surface area contributed by atoms with Crippen molar-refractivity contribution in [2.75, 3.05) is 13.2 Å². The summed E-state index contributed by atoms with van der Waals surface area (Å²) < 4.78 is 11.2. The van der Waals surface area contributed by atoms with Crippen LogP contribution in [0.2, 0.25) is 0 Å². The van der Waals surface area contributed by atoms with E-state index in [1.54, 1.807) is 6.07 Å². The third-order valence-corrected chi connectivity index (χ3v) is 2.87. The summed E-state index contributed by atoms with van der Waals surface area (Å²) in [6.45, 7) is 2.70. The van der Waals surface area contributed by atoms with E-state index in [-0.39, 0.29) is 5.84 Å². The number of rotatable bonds is 6. The van der Waals surface area contributed by atoms with Crippen molar-refractivity contribution in [3.8, 4) is 11.5 Å². The largest absolute Gasteiger partial charge is 0.490 e. The van der Waals surface area contributed by atoms with Crippen LogP contribution < -0.4 is 15.2 Å². The Morgan fingerprint density at radius 3 is 2.52 bits per heavy atom. The van der Waals surface area contributed by atoms with Crippen molar-refractivity contribution in [1.82, 2.24) is 0 Å². The van der Waals surface area contributed by atoms with Gasteiger partial charge in [-0.1, -0.05) is 35.0 Å². The number of aryl methyl sites for hydroxylation is 1. The topological polar surface area (TPSA) is 77.1 Å². The van der Waals surface area contributed by atoms with Crippen molar-refractivity contribution in [3.05, 3.63) is 59.7 Å². The van der Waals surface area contributed by atoms with E-state index in [2.05, 4.69) is 5.16 Å². The first kappa shape index (κ1) is 14.7. The summed E-state index contributed by atoms with van der Waals surface area (Å²) in [4.78, 5) is 0. The maximum Gasteiger partial charge on any atom is 0.173 e. The number of benzene rings is 2. The minimum atomic E-state index is 0.0256.